The summed E-state index contributed by atoms with van der Waals surface area (Å²) < 4.78 is 5.56. The summed E-state index contributed by atoms with van der Waals surface area (Å²) in [6.07, 6.45) is 4.52. The van der Waals surface area contributed by atoms with Gasteiger partial charge in [-0.25, -0.2) is 4.98 Å². The summed E-state index contributed by atoms with van der Waals surface area (Å²) in [6, 6.07) is 9.82. The molecule has 1 aliphatic carbocycles. The summed E-state index contributed by atoms with van der Waals surface area (Å²) in [4.78, 5) is 16.6. The molecule has 130 valence electrons. The molecule has 25 heavy (non-hydrogen) atoms. The SMILES string of the molecule is Cc1csc(-c2ccc(OCC(=O)NC3(C#N)CCCCC3)cc2)n1. The van der Waals surface area contributed by atoms with E-state index in [1.54, 1.807) is 11.3 Å². The molecule has 1 aromatic heterocycles. The van der Waals surface area contributed by atoms with Crippen molar-refractivity contribution in [2.75, 3.05) is 6.61 Å². The molecule has 0 spiro atoms. The number of ether oxygens (including phenoxy) is 1. The van der Waals surface area contributed by atoms with Gasteiger partial charge in [0.05, 0.1) is 6.07 Å². The third-order valence-corrected chi connectivity index (χ3v) is 5.40. The van der Waals surface area contributed by atoms with Crippen LogP contribution in [0.1, 0.15) is 37.8 Å². The van der Waals surface area contributed by atoms with E-state index in [1.807, 2.05) is 36.6 Å². The number of rotatable bonds is 5. The van der Waals surface area contributed by atoms with Crippen LogP contribution in [-0.4, -0.2) is 23.0 Å². The van der Waals surface area contributed by atoms with Crippen LogP contribution in [-0.2, 0) is 4.79 Å². The lowest BCUT2D eigenvalue weighted by atomic mass is 9.83. The minimum Gasteiger partial charge on any atom is -0.484 e. The Morgan fingerprint density at radius 2 is 2.04 bits per heavy atom. The summed E-state index contributed by atoms with van der Waals surface area (Å²) in [5, 5.41) is 15.2. The van der Waals surface area contributed by atoms with Crippen molar-refractivity contribution in [3.05, 3.63) is 35.3 Å². The Morgan fingerprint density at radius 3 is 2.64 bits per heavy atom. The summed E-state index contributed by atoms with van der Waals surface area (Å²) in [6.45, 7) is 1.88. The van der Waals surface area contributed by atoms with Crippen LogP contribution in [0.4, 0.5) is 0 Å². The van der Waals surface area contributed by atoms with Crippen molar-refractivity contribution in [2.45, 2.75) is 44.6 Å². The van der Waals surface area contributed by atoms with E-state index in [0.29, 0.717) is 5.75 Å². The quantitative estimate of drug-likeness (QED) is 0.884. The number of nitriles is 1. The second kappa shape index (κ2) is 7.66. The Morgan fingerprint density at radius 1 is 1.32 bits per heavy atom. The van der Waals surface area contributed by atoms with Crippen LogP contribution < -0.4 is 10.1 Å². The van der Waals surface area contributed by atoms with Crippen LogP contribution in [0.2, 0.25) is 0 Å². The van der Waals surface area contributed by atoms with E-state index in [1.165, 1.54) is 0 Å². The molecule has 0 atom stereocenters. The Labute approximate surface area is 151 Å². The largest absolute Gasteiger partial charge is 0.484 e. The maximum absolute atomic E-state index is 12.1. The molecule has 3 rings (SSSR count). The highest BCUT2D eigenvalue weighted by Crippen LogP contribution is 2.28. The third kappa shape index (κ3) is 4.37. The van der Waals surface area contributed by atoms with Crippen LogP contribution in [0.5, 0.6) is 5.75 Å². The molecule has 0 bridgehead atoms. The van der Waals surface area contributed by atoms with Gasteiger partial charge in [-0.3, -0.25) is 4.79 Å². The normalized spacial score (nSPS) is 16.0. The molecule has 0 aliphatic heterocycles. The van der Waals surface area contributed by atoms with Crippen LogP contribution in [0, 0.1) is 18.3 Å². The zero-order chi connectivity index (χ0) is 17.7. The number of hydrogen-bond acceptors (Lipinski definition) is 5. The second-order valence-corrected chi connectivity index (χ2v) is 7.27. The van der Waals surface area contributed by atoms with Gasteiger partial charge in [-0.1, -0.05) is 19.3 Å². The summed E-state index contributed by atoms with van der Waals surface area (Å²) in [5.74, 6) is 0.380. The molecule has 0 saturated heterocycles. The van der Waals surface area contributed by atoms with Crippen molar-refractivity contribution < 1.29 is 9.53 Å². The van der Waals surface area contributed by atoms with E-state index < -0.39 is 5.54 Å². The highest BCUT2D eigenvalue weighted by molar-refractivity contribution is 7.13. The first-order valence-corrected chi connectivity index (χ1v) is 9.36. The molecule has 1 fully saturated rings. The van der Waals surface area contributed by atoms with Crippen molar-refractivity contribution >= 4 is 17.2 Å². The van der Waals surface area contributed by atoms with Crippen molar-refractivity contribution in [1.82, 2.24) is 10.3 Å². The fourth-order valence-corrected chi connectivity index (χ4v) is 3.86. The van der Waals surface area contributed by atoms with Gasteiger partial charge in [-0.15, -0.1) is 11.3 Å². The Hall–Kier alpha value is -2.39. The summed E-state index contributed by atoms with van der Waals surface area (Å²) in [5.41, 5.74) is 1.32. The summed E-state index contributed by atoms with van der Waals surface area (Å²) in [7, 11) is 0. The molecule has 0 unspecified atom stereocenters. The van der Waals surface area contributed by atoms with E-state index in [-0.39, 0.29) is 12.5 Å². The van der Waals surface area contributed by atoms with Gasteiger partial charge in [0.1, 0.15) is 16.3 Å². The Balaban J connectivity index is 1.54. The molecule has 0 radical (unpaired) electrons. The van der Waals surface area contributed by atoms with E-state index in [9.17, 15) is 10.1 Å². The molecule has 6 heteroatoms. The number of amides is 1. The molecule has 1 aromatic carbocycles. The minimum atomic E-state index is -0.717. The average Bonchev–Trinajstić information content (AvgIpc) is 3.07. The first-order valence-electron chi connectivity index (χ1n) is 8.48. The van der Waals surface area contributed by atoms with Gasteiger partial charge in [-0.2, -0.15) is 5.26 Å². The average molecular weight is 355 g/mol. The molecule has 1 saturated carbocycles. The minimum absolute atomic E-state index is 0.0842. The number of hydrogen-bond donors (Lipinski definition) is 1. The lowest BCUT2D eigenvalue weighted by Crippen LogP contribution is -2.50. The molecular weight excluding hydrogens is 334 g/mol. The molecule has 2 aromatic rings. The van der Waals surface area contributed by atoms with E-state index in [0.717, 1.165) is 48.4 Å². The van der Waals surface area contributed by atoms with Gasteiger partial charge in [0.15, 0.2) is 6.61 Å². The highest BCUT2D eigenvalue weighted by Gasteiger charge is 2.33. The number of carbonyl (C=O) groups is 1. The van der Waals surface area contributed by atoms with E-state index >= 15 is 0 Å². The zero-order valence-corrected chi connectivity index (χ0v) is 15.1. The molecule has 1 amide bonds. The molecular formula is C19H21N3O2S. The van der Waals surface area contributed by atoms with E-state index in [2.05, 4.69) is 16.4 Å². The number of nitrogens with zero attached hydrogens (tertiary/aromatic N) is 2. The smallest absolute Gasteiger partial charge is 0.259 e. The molecule has 1 heterocycles. The van der Waals surface area contributed by atoms with Gasteiger partial charge in [0.25, 0.3) is 5.91 Å². The fraction of sp³-hybridized carbons (Fsp3) is 0.421. The van der Waals surface area contributed by atoms with Gasteiger partial charge in [-0.05, 0) is 44.0 Å². The predicted molar refractivity (Wildman–Crippen MR) is 97.4 cm³/mol. The lowest BCUT2D eigenvalue weighted by Gasteiger charge is -2.31. The van der Waals surface area contributed by atoms with Crippen LogP contribution >= 0.6 is 11.3 Å². The van der Waals surface area contributed by atoms with Gasteiger partial charge in [0, 0.05) is 16.6 Å². The van der Waals surface area contributed by atoms with Gasteiger partial charge in [0.2, 0.25) is 0 Å². The fourth-order valence-electron chi connectivity index (χ4n) is 3.05. The van der Waals surface area contributed by atoms with Crippen LogP contribution in [0.25, 0.3) is 10.6 Å². The maximum Gasteiger partial charge on any atom is 0.259 e. The number of thiazole rings is 1. The van der Waals surface area contributed by atoms with Gasteiger partial charge < -0.3 is 10.1 Å². The van der Waals surface area contributed by atoms with Gasteiger partial charge >= 0.3 is 0 Å². The molecule has 5 nitrogen and oxygen atoms in total. The number of aryl methyl sites for hydroxylation is 1. The third-order valence-electron chi connectivity index (χ3n) is 4.39. The number of benzene rings is 1. The van der Waals surface area contributed by atoms with Crippen molar-refractivity contribution in [1.29, 1.82) is 5.26 Å². The van der Waals surface area contributed by atoms with E-state index in [4.69, 9.17) is 4.74 Å². The topological polar surface area (TPSA) is 75.0 Å². The Bertz CT molecular complexity index is 771. The maximum atomic E-state index is 12.1. The number of carbonyl (C=O) groups excluding carboxylic acids is 1. The van der Waals surface area contributed by atoms with Crippen LogP contribution in [0.3, 0.4) is 0 Å². The summed E-state index contributed by atoms with van der Waals surface area (Å²) >= 11 is 1.60. The highest BCUT2D eigenvalue weighted by atomic mass is 32.1. The van der Waals surface area contributed by atoms with Crippen molar-refractivity contribution in [3.63, 3.8) is 0 Å². The standard InChI is InChI=1S/C19H21N3O2S/c1-14-12-25-18(21-14)15-5-7-16(8-6-15)24-11-17(23)22-19(13-20)9-3-2-4-10-19/h5-8,12H,2-4,9-11H2,1H3,(H,22,23). The molecule has 1 aliphatic rings. The predicted octanol–water partition coefficient (Wildman–Crippen LogP) is 3.84. The van der Waals surface area contributed by atoms with Crippen molar-refractivity contribution in [2.24, 2.45) is 0 Å². The van der Waals surface area contributed by atoms with Crippen molar-refractivity contribution in [3.8, 4) is 22.4 Å². The first-order chi connectivity index (χ1) is 12.1. The second-order valence-electron chi connectivity index (χ2n) is 6.41. The van der Waals surface area contributed by atoms with Crippen LogP contribution in [0.15, 0.2) is 29.6 Å². The molecule has 1 N–H and O–H groups in total. The lowest BCUT2D eigenvalue weighted by molar-refractivity contribution is -0.124. The first kappa shape index (κ1) is 17.4. The zero-order valence-electron chi connectivity index (χ0n) is 14.2. The monoisotopic (exact) mass is 355 g/mol. The number of aromatic nitrogens is 1. The number of nitrogens with one attached hydrogen (secondary N) is 1. The Kier molecular flexibility index (Phi) is 5.34.